The molecule has 24 heavy (non-hydrogen) atoms. The van der Waals surface area contributed by atoms with Crippen LogP contribution in [-0.4, -0.2) is 35.4 Å². The summed E-state index contributed by atoms with van der Waals surface area (Å²) in [5, 5.41) is 9.28. The molecule has 2 aromatic rings. The number of nitrogens with zero attached hydrogens (tertiary/aromatic N) is 1. The van der Waals surface area contributed by atoms with E-state index in [2.05, 4.69) is 35.2 Å². The minimum atomic E-state index is 0.154. The molecule has 0 atom stereocenters. The number of Topliss-reactive ketones (excluding diaryl/α,β-unsaturated/α-hetero) is 1. The van der Waals surface area contributed by atoms with Crippen LogP contribution < -0.4 is 0 Å². The third kappa shape index (κ3) is 4.68. The second kappa shape index (κ2) is 8.11. The Morgan fingerprint density at radius 2 is 1.67 bits per heavy atom. The van der Waals surface area contributed by atoms with Crippen molar-refractivity contribution in [2.75, 3.05) is 19.6 Å². The zero-order valence-electron chi connectivity index (χ0n) is 14.0. The van der Waals surface area contributed by atoms with E-state index in [9.17, 15) is 9.90 Å². The maximum Gasteiger partial charge on any atom is 0.164 e. The molecule has 0 radical (unpaired) electrons. The van der Waals surface area contributed by atoms with E-state index in [1.165, 1.54) is 24.8 Å². The highest BCUT2D eigenvalue weighted by Gasteiger charge is 2.20. The van der Waals surface area contributed by atoms with Crippen molar-refractivity contribution in [1.29, 1.82) is 0 Å². The van der Waals surface area contributed by atoms with E-state index in [0.29, 0.717) is 12.0 Å². The molecule has 0 unspecified atom stereocenters. The Balaban J connectivity index is 1.41. The van der Waals surface area contributed by atoms with Gasteiger partial charge >= 0.3 is 0 Å². The van der Waals surface area contributed by atoms with Gasteiger partial charge in [-0.3, -0.25) is 4.79 Å². The molecule has 1 heterocycles. The van der Waals surface area contributed by atoms with Crippen LogP contribution in [0, 0.1) is 5.92 Å². The topological polar surface area (TPSA) is 40.5 Å². The molecule has 0 bridgehead atoms. The van der Waals surface area contributed by atoms with E-state index in [4.69, 9.17) is 0 Å². The van der Waals surface area contributed by atoms with Gasteiger partial charge in [0.2, 0.25) is 0 Å². The highest BCUT2D eigenvalue weighted by Crippen LogP contribution is 2.22. The Hall–Kier alpha value is -2.13. The van der Waals surface area contributed by atoms with Gasteiger partial charge in [0.25, 0.3) is 0 Å². The van der Waals surface area contributed by atoms with E-state index in [-0.39, 0.29) is 11.5 Å². The number of rotatable bonds is 6. The molecule has 126 valence electrons. The molecule has 3 nitrogen and oxygen atoms in total. The lowest BCUT2D eigenvalue weighted by Crippen LogP contribution is -2.35. The largest absolute Gasteiger partial charge is 0.508 e. The maximum absolute atomic E-state index is 12.2. The van der Waals surface area contributed by atoms with E-state index in [0.717, 1.165) is 25.6 Å². The van der Waals surface area contributed by atoms with Crippen LogP contribution in [-0.2, 0) is 6.42 Å². The van der Waals surface area contributed by atoms with Gasteiger partial charge in [0.1, 0.15) is 5.75 Å². The van der Waals surface area contributed by atoms with Crippen LogP contribution in [0.1, 0.15) is 35.2 Å². The lowest BCUT2D eigenvalue weighted by molar-refractivity contribution is 0.0951. The first-order valence-electron chi connectivity index (χ1n) is 8.79. The summed E-state index contributed by atoms with van der Waals surface area (Å²) in [6.45, 7) is 3.00. The Labute approximate surface area is 143 Å². The third-order valence-electron chi connectivity index (χ3n) is 4.92. The Kier molecular flexibility index (Phi) is 5.65. The van der Waals surface area contributed by atoms with Crippen molar-refractivity contribution in [2.45, 2.75) is 25.7 Å². The first-order valence-corrected chi connectivity index (χ1v) is 8.79. The van der Waals surface area contributed by atoms with Gasteiger partial charge in [0.15, 0.2) is 5.78 Å². The maximum atomic E-state index is 12.2. The Morgan fingerprint density at radius 3 is 2.33 bits per heavy atom. The number of hydrogen-bond acceptors (Lipinski definition) is 3. The van der Waals surface area contributed by atoms with Crippen LogP contribution >= 0.6 is 0 Å². The van der Waals surface area contributed by atoms with Gasteiger partial charge in [0, 0.05) is 18.5 Å². The highest BCUT2D eigenvalue weighted by atomic mass is 16.3. The molecule has 0 spiro atoms. The van der Waals surface area contributed by atoms with Crippen LogP contribution in [0.15, 0.2) is 54.6 Å². The Bertz CT molecular complexity index is 643. The van der Waals surface area contributed by atoms with Gasteiger partial charge < -0.3 is 10.0 Å². The summed E-state index contributed by atoms with van der Waals surface area (Å²) < 4.78 is 0. The first kappa shape index (κ1) is 16.7. The van der Waals surface area contributed by atoms with Crippen LogP contribution in [0.25, 0.3) is 0 Å². The van der Waals surface area contributed by atoms with Gasteiger partial charge in [-0.25, -0.2) is 0 Å². The predicted octanol–water partition coefficient (Wildman–Crippen LogP) is 3.92. The number of benzene rings is 2. The van der Waals surface area contributed by atoms with Gasteiger partial charge in [-0.05, 0) is 68.1 Å². The zero-order chi connectivity index (χ0) is 16.8. The van der Waals surface area contributed by atoms with E-state index in [1.807, 2.05) is 0 Å². The molecule has 1 aliphatic heterocycles. The van der Waals surface area contributed by atoms with Crippen LogP contribution in [0.3, 0.4) is 0 Å². The number of likely N-dealkylation sites (tertiary alicyclic amines) is 1. The molecule has 0 aromatic heterocycles. The quantitative estimate of drug-likeness (QED) is 0.819. The average Bonchev–Trinajstić information content (AvgIpc) is 2.62. The van der Waals surface area contributed by atoms with Crippen molar-refractivity contribution in [2.24, 2.45) is 5.92 Å². The second-order valence-corrected chi connectivity index (χ2v) is 6.69. The molecule has 1 N–H and O–H groups in total. The second-order valence-electron chi connectivity index (χ2n) is 6.69. The minimum absolute atomic E-state index is 0.154. The molecule has 1 aliphatic rings. The fourth-order valence-electron chi connectivity index (χ4n) is 3.41. The smallest absolute Gasteiger partial charge is 0.164 e. The molecule has 1 fully saturated rings. The third-order valence-corrected chi connectivity index (χ3v) is 4.92. The number of phenolic OH excluding ortho intramolecular Hbond substituents is 1. The number of carbonyl (C=O) groups excluding carboxylic acids is 1. The molecule has 0 saturated carbocycles. The van der Waals surface area contributed by atoms with Crippen LogP contribution in [0.2, 0.25) is 0 Å². The van der Waals surface area contributed by atoms with Crippen molar-refractivity contribution in [1.82, 2.24) is 4.90 Å². The monoisotopic (exact) mass is 323 g/mol. The van der Waals surface area contributed by atoms with Crippen molar-refractivity contribution >= 4 is 5.78 Å². The van der Waals surface area contributed by atoms with Crippen molar-refractivity contribution in [3.05, 3.63) is 65.7 Å². The number of aromatic hydroxyl groups is 1. The summed E-state index contributed by atoms with van der Waals surface area (Å²) in [4.78, 5) is 14.6. The summed E-state index contributed by atoms with van der Waals surface area (Å²) in [7, 11) is 0. The molecule has 2 aromatic carbocycles. The van der Waals surface area contributed by atoms with Crippen molar-refractivity contribution in [3.8, 4) is 5.75 Å². The number of carbonyl (C=O) groups is 1. The lowest BCUT2D eigenvalue weighted by atomic mass is 9.90. The van der Waals surface area contributed by atoms with Gasteiger partial charge in [-0.1, -0.05) is 30.3 Å². The lowest BCUT2D eigenvalue weighted by Gasteiger charge is -2.31. The summed E-state index contributed by atoms with van der Waals surface area (Å²) in [6, 6.07) is 17.2. The minimum Gasteiger partial charge on any atom is -0.508 e. The number of hydrogen-bond donors (Lipinski definition) is 1. The average molecular weight is 323 g/mol. The summed E-state index contributed by atoms with van der Waals surface area (Å²) >= 11 is 0. The number of phenols is 1. The first-order chi connectivity index (χ1) is 11.7. The van der Waals surface area contributed by atoms with E-state index >= 15 is 0 Å². The van der Waals surface area contributed by atoms with Crippen LogP contribution in [0.5, 0.6) is 5.75 Å². The number of piperidine rings is 1. The standard InChI is InChI=1S/C21H25NO2/c23-20-8-6-19(7-9-20)21(24)12-15-22-13-10-18(11-14-22)16-17-4-2-1-3-5-17/h1-9,18,23H,10-16H2. The fourth-order valence-corrected chi connectivity index (χ4v) is 3.41. The molecule has 0 aliphatic carbocycles. The van der Waals surface area contributed by atoms with Crippen LogP contribution in [0.4, 0.5) is 0 Å². The van der Waals surface area contributed by atoms with E-state index in [1.54, 1.807) is 24.3 Å². The SMILES string of the molecule is O=C(CCN1CCC(Cc2ccccc2)CC1)c1ccc(O)cc1. The van der Waals surface area contributed by atoms with Gasteiger partial charge in [0.05, 0.1) is 0 Å². The van der Waals surface area contributed by atoms with Gasteiger partial charge in [-0.15, -0.1) is 0 Å². The van der Waals surface area contributed by atoms with E-state index < -0.39 is 0 Å². The summed E-state index contributed by atoms with van der Waals surface area (Å²) in [5.74, 6) is 1.12. The Morgan fingerprint density at radius 1 is 1.00 bits per heavy atom. The summed E-state index contributed by atoms with van der Waals surface area (Å²) in [6.07, 6.45) is 4.14. The fraction of sp³-hybridized carbons (Fsp3) is 0.381. The molecule has 3 heteroatoms. The van der Waals surface area contributed by atoms with Crippen molar-refractivity contribution < 1.29 is 9.90 Å². The molecule has 3 rings (SSSR count). The molecule has 0 amide bonds. The highest BCUT2D eigenvalue weighted by molar-refractivity contribution is 5.96. The molecular weight excluding hydrogens is 298 g/mol. The van der Waals surface area contributed by atoms with Gasteiger partial charge in [-0.2, -0.15) is 0 Å². The molecular formula is C21H25NO2. The molecule has 1 saturated heterocycles. The normalized spacial score (nSPS) is 16.2. The van der Waals surface area contributed by atoms with Crippen molar-refractivity contribution in [3.63, 3.8) is 0 Å². The zero-order valence-corrected chi connectivity index (χ0v) is 14.0. The summed E-state index contributed by atoms with van der Waals surface area (Å²) in [5.41, 5.74) is 2.12. The number of ketones is 1. The predicted molar refractivity (Wildman–Crippen MR) is 96.4 cm³/mol.